The highest BCUT2D eigenvalue weighted by molar-refractivity contribution is 7.81. The first-order chi connectivity index (χ1) is 5.99. The Balaban J connectivity index is 2.25. The van der Waals surface area contributed by atoms with Gasteiger partial charge in [0.25, 0.3) is 0 Å². The molecule has 1 aliphatic rings. The molecule has 1 heterocycles. The van der Waals surface area contributed by atoms with Crippen LogP contribution < -0.4 is 0 Å². The predicted octanol–water partition coefficient (Wildman–Crippen LogP) is 2.10. The SMILES string of the molecule is CC(C)(S)CCC(=O)N1CCCC1. The van der Waals surface area contributed by atoms with Crippen molar-refractivity contribution < 1.29 is 4.79 Å². The van der Waals surface area contributed by atoms with Gasteiger partial charge in [-0.1, -0.05) is 13.8 Å². The summed E-state index contributed by atoms with van der Waals surface area (Å²) in [6.45, 7) is 6.03. The monoisotopic (exact) mass is 201 g/mol. The van der Waals surface area contributed by atoms with E-state index in [0.717, 1.165) is 19.5 Å². The van der Waals surface area contributed by atoms with Gasteiger partial charge in [-0.3, -0.25) is 4.79 Å². The molecule has 0 spiro atoms. The molecule has 0 unspecified atom stereocenters. The molecule has 2 nitrogen and oxygen atoms in total. The van der Waals surface area contributed by atoms with Gasteiger partial charge in [-0.2, -0.15) is 12.6 Å². The number of carbonyl (C=O) groups excluding carboxylic acids is 1. The first-order valence-electron chi connectivity index (χ1n) is 4.99. The van der Waals surface area contributed by atoms with Gasteiger partial charge in [0.2, 0.25) is 5.91 Å². The van der Waals surface area contributed by atoms with Crippen LogP contribution in [0.25, 0.3) is 0 Å². The van der Waals surface area contributed by atoms with Crippen LogP contribution in [0.15, 0.2) is 0 Å². The molecule has 0 aliphatic carbocycles. The van der Waals surface area contributed by atoms with Crippen LogP contribution in [0.3, 0.4) is 0 Å². The summed E-state index contributed by atoms with van der Waals surface area (Å²) in [4.78, 5) is 13.6. The van der Waals surface area contributed by atoms with E-state index in [-0.39, 0.29) is 4.75 Å². The Kier molecular flexibility index (Phi) is 3.65. The second-order valence-corrected chi connectivity index (χ2v) is 5.61. The smallest absolute Gasteiger partial charge is 0.222 e. The zero-order valence-corrected chi connectivity index (χ0v) is 9.44. The number of thiol groups is 1. The zero-order valence-electron chi connectivity index (χ0n) is 8.55. The lowest BCUT2D eigenvalue weighted by molar-refractivity contribution is -0.130. The van der Waals surface area contributed by atoms with Crippen molar-refractivity contribution in [3.8, 4) is 0 Å². The number of hydrogen-bond acceptors (Lipinski definition) is 2. The summed E-state index contributed by atoms with van der Waals surface area (Å²) in [6.07, 6.45) is 3.87. The number of amides is 1. The van der Waals surface area contributed by atoms with Gasteiger partial charge in [0.05, 0.1) is 0 Å². The van der Waals surface area contributed by atoms with Crippen molar-refractivity contribution in [2.45, 2.75) is 44.3 Å². The van der Waals surface area contributed by atoms with E-state index < -0.39 is 0 Å². The molecule has 1 rings (SSSR count). The lowest BCUT2D eigenvalue weighted by Gasteiger charge is -2.20. The van der Waals surface area contributed by atoms with Crippen LogP contribution >= 0.6 is 12.6 Å². The molecule has 0 N–H and O–H groups in total. The fraction of sp³-hybridized carbons (Fsp3) is 0.900. The van der Waals surface area contributed by atoms with Gasteiger partial charge < -0.3 is 4.90 Å². The maximum absolute atomic E-state index is 11.6. The van der Waals surface area contributed by atoms with Gasteiger partial charge in [-0.05, 0) is 19.3 Å². The second-order valence-electron chi connectivity index (χ2n) is 4.40. The topological polar surface area (TPSA) is 20.3 Å². The van der Waals surface area contributed by atoms with Gasteiger partial charge in [0.15, 0.2) is 0 Å². The predicted molar refractivity (Wildman–Crippen MR) is 58.1 cm³/mol. The Bertz CT molecular complexity index is 180. The molecule has 0 radical (unpaired) electrons. The third-order valence-electron chi connectivity index (χ3n) is 2.41. The lowest BCUT2D eigenvalue weighted by Crippen LogP contribution is -2.28. The average molecular weight is 201 g/mol. The normalized spacial score (nSPS) is 17.9. The fourth-order valence-corrected chi connectivity index (χ4v) is 1.65. The van der Waals surface area contributed by atoms with Gasteiger partial charge in [-0.25, -0.2) is 0 Å². The Morgan fingerprint density at radius 1 is 1.38 bits per heavy atom. The Morgan fingerprint density at radius 3 is 2.38 bits per heavy atom. The largest absolute Gasteiger partial charge is 0.343 e. The van der Waals surface area contributed by atoms with Crippen LogP contribution in [0.5, 0.6) is 0 Å². The van der Waals surface area contributed by atoms with Crippen molar-refractivity contribution in [3.05, 3.63) is 0 Å². The van der Waals surface area contributed by atoms with E-state index in [2.05, 4.69) is 12.6 Å². The molecule has 76 valence electrons. The summed E-state index contributed by atoms with van der Waals surface area (Å²) in [5, 5.41) is 0. The highest BCUT2D eigenvalue weighted by Crippen LogP contribution is 2.20. The highest BCUT2D eigenvalue weighted by Gasteiger charge is 2.20. The lowest BCUT2D eigenvalue weighted by atomic mass is 10.1. The van der Waals surface area contributed by atoms with Crippen molar-refractivity contribution in [2.75, 3.05) is 13.1 Å². The molecule has 1 amide bonds. The molecular formula is C10H19NOS. The minimum absolute atomic E-state index is 0.0185. The molecule has 1 saturated heterocycles. The van der Waals surface area contributed by atoms with Gasteiger partial charge >= 0.3 is 0 Å². The van der Waals surface area contributed by atoms with Crippen LogP contribution in [0.2, 0.25) is 0 Å². The molecule has 3 heteroatoms. The Morgan fingerprint density at radius 2 is 1.92 bits per heavy atom. The standard InChI is InChI=1S/C10H19NOS/c1-10(2,13)6-5-9(12)11-7-3-4-8-11/h13H,3-8H2,1-2H3. The number of carbonyl (C=O) groups is 1. The van der Waals surface area contributed by atoms with Gasteiger partial charge in [0, 0.05) is 24.3 Å². The molecule has 13 heavy (non-hydrogen) atoms. The summed E-state index contributed by atoms with van der Waals surface area (Å²) in [5.41, 5.74) is 0. The maximum Gasteiger partial charge on any atom is 0.222 e. The third-order valence-corrected chi connectivity index (χ3v) is 2.63. The van der Waals surface area contributed by atoms with Crippen molar-refractivity contribution in [3.63, 3.8) is 0 Å². The second kappa shape index (κ2) is 4.36. The quantitative estimate of drug-likeness (QED) is 0.693. The molecule has 1 fully saturated rings. The molecule has 0 atom stereocenters. The Hall–Kier alpha value is -0.180. The van der Waals surface area contributed by atoms with E-state index >= 15 is 0 Å². The number of nitrogens with zero attached hydrogens (tertiary/aromatic N) is 1. The van der Waals surface area contributed by atoms with Crippen molar-refractivity contribution in [1.82, 2.24) is 4.90 Å². The van der Waals surface area contributed by atoms with Crippen molar-refractivity contribution >= 4 is 18.5 Å². The van der Waals surface area contributed by atoms with E-state index in [1.807, 2.05) is 18.7 Å². The average Bonchev–Trinajstić information content (AvgIpc) is 2.50. The van der Waals surface area contributed by atoms with Crippen LogP contribution in [-0.2, 0) is 4.79 Å². The minimum atomic E-state index is -0.0185. The summed E-state index contributed by atoms with van der Waals surface area (Å²) in [6, 6.07) is 0. The van der Waals surface area contributed by atoms with Crippen LogP contribution in [0.1, 0.15) is 39.5 Å². The van der Waals surface area contributed by atoms with Crippen molar-refractivity contribution in [2.24, 2.45) is 0 Å². The van der Waals surface area contributed by atoms with Gasteiger partial charge in [0.1, 0.15) is 0 Å². The zero-order chi connectivity index (χ0) is 9.90. The molecule has 0 saturated carbocycles. The van der Waals surface area contributed by atoms with E-state index in [1.165, 1.54) is 12.8 Å². The van der Waals surface area contributed by atoms with E-state index in [9.17, 15) is 4.79 Å². The van der Waals surface area contributed by atoms with Crippen LogP contribution in [0, 0.1) is 0 Å². The molecule has 0 bridgehead atoms. The van der Waals surface area contributed by atoms with Crippen LogP contribution in [-0.4, -0.2) is 28.6 Å². The number of rotatable bonds is 3. The minimum Gasteiger partial charge on any atom is -0.343 e. The first kappa shape index (κ1) is 10.9. The maximum atomic E-state index is 11.6. The summed E-state index contributed by atoms with van der Waals surface area (Å²) in [5.74, 6) is 0.305. The number of hydrogen-bond donors (Lipinski definition) is 1. The first-order valence-corrected chi connectivity index (χ1v) is 5.44. The molecule has 1 aliphatic heterocycles. The molecule has 0 aromatic heterocycles. The summed E-state index contributed by atoms with van der Waals surface area (Å²) in [7, 11) is 0. The van der Waals surface area contributed by atoms with Gasteiger partial charge in [-0.15, -0.1) is 0 Å². The van der Waals surface area contributed by atoms with Crippen LogP contribution in [0.4, 0.5) is 0 Å². The van der Waals surface area contributed by atoms with Crippen molar-refractivity contribution in [1.29, 1.82) is 0 Å². The fourth-order valence-electron chi connectivity index (χ4n) is 1.54. The number of likely N-dealkylation sites (tertiary alicyclic amines) is 1. The van der Waals surface area contributed by atoms with E-state index in [0.29, 0.717) is 12.3 Å². The molecular weight excluding hydrogens is 182 g/mol. The van der Waals surface area contributed by atoms with E-state index in [1.54, 1.807) is 0 Å². The summed E-state index contributed by atoms with van der Waals surface area (Å²) < 4.78 is -0.0185. The highest BCUT2D eigenvalue weighted by atomic mass is 32.1. The Labute approximate surface area is 86.1 Å². The summed E-state index contributed by atoms with van der Waals surface area (Å²) >= 11 is 4.40. The third kappa shape index (κ3) is 4.03. The van der Waals surface area contributed by atoms with E-state index in [4.69, 9.17) is 0 Å². The molecule has 0 aromatic rings. The molecule has 0 aromatic carbocycles.